The molecule has 0 amide bonds. The monoisotopic (exact) mass is 410 g/mol. The minimum absolute atomic E-state index is 0.0389. The number of benzene rings is 1. The first-order valence-electron chi connectivity index (χ1n) is 7.99. The Hall–Kier alpha value is -1.40. The van der Waals surface area contributed by atoms with Gasteiger partial charge >= 0.3 is 5.97 Å². The number of carbonyl (C=O) groups excluding carboxylic acids is 1. The number of halogens is 5. The average Bonchev–Trinajstić information content (AvgIpc) is 3.09. The predicted octanol–water partition coefficient (Wildman–Crippen LogP) is 5.31. The van der Waals surface area contributed by atoms with Gasteiger partial charge in [0, 0.05) is 11.1 Å². The number of carbonyl (C=O) groups is 1. The summed E-state index contributed by atoms with van der Waals surface area (Å²) >= 11 is 11.3. The molecule has 0 saturated heterocycles. The van der Waals surface area contributed by atoms with Gasteiger partial charge in [0.1, 0.15) is 11.1 Å². The lowest BCUT2D eigenvalue weighted by Gasteiger charge is -2.15. The van der Waals surface area contributed by atoms with E-state index in [1.165, 1.54) is 0 Å². The smallest absolute Gasteiger partial charge is 0.310 e. The zero-order valence-corrected chi connectivity index (χ0v) is 16.3. The lowest BCUT2D eigenvalue weighted by molar-refractivity contribution is -0.147. The summed E-state index contributed by atoms with van der Waals surface area (Å²) in [5.41, 5.74) is -0.851. The molecule has 2 atom stereocenters. The highest BCUT2D eigenvalue weighted by molar-refractivity contribution is 6.55. The van der Waals surface area contributed by atoms with Crippen LogP contribution in [0.1, 0.15) is 31.9 Å². The minimum atomic E-state index is -1.45. The van der Waals surface area contributed by atoms with Crippen molar-refractivity contribution in [3.05, 3.63) is 39.1 Å². The second kappa shape index (κ2) is 7.69. The molecule has 0 N–H and O–H groups in total. The van der Waals surface area contributed by atoms with E-state index in [9.17, 15) is 18.0 Å². The molecule has 26 heavy (non-hydrogen) atoms. The van der Waals surface area contributed by atoms with E-state index in [0.29, 0.717) is 0 Å². The highest BCUT2D eigenvalue weighted by Gasteiger charge is 2.61. The molecule has 0 unspecified atom stereocenters. The first-order valence-corrected chi connectivity index (χ1v) is 8.75. The quantitative estimate of drug-likeness (QED) is 0.470. The Labute approximate surface area is 160 Å². The van der Waals surface area contributed by atoms with E-state index < -0.39 is 47.1 Å². The number of esters is 1. The van der Waals surface area contributed by atoms with E-state index >= 15 is 0 Å². The Bertz CT molecular complexity index is 759. The van der Waals surface area contributed by atoms with Crippen molar-refractivity contribution >= 4 is 29.2 Å². The summed E-state index contributed by atoms with van der Waals surface area (Å²) in [7, 11) is 1.05. The highest BCUT2D eigenvalue weighted by Crippen LogP contribution is 2.60. The number of allylic oxidation sites excluding steroid dienone is 1. The molecule has 0 aliphatic heterocycles. The van der Waals surface area contributed by atoms with E-state index in [-0.39, 0.29) is 28.0 Å². The fraction of sp³-hybridized carbons (Fsp3) is 0.500. The maximum Gasteiger partial charge on any atom is 0.310 e. The molecule has 1 fully saturated rings. The van der Waals surface area contributed by atoms with E-state index in [1.54, 1.807) is 13.0 Å². The van der Waals surface area contributed by atoms with E-state index in [1.807, 2.05) is 13.8 Å². The van der Waals surface area contributed by atoms with Crippen molar-refractivity contribution in [2.75, 3.05) is 7.11 Å². The average molecular weight is 411 g/mol. The van der Waals surface area contributed by atoms with Gasteiger partial charge in [-0.1, -0.05) is 44.0 Å². The predicted molar refractivity (Wildman–Crippen MR) is 92.6 cm³/mol. The van der Waals surface area contributed by atoms with Crippen LogP contribution in [0.3, 0.4) is 0 Å². The summed E-state index contributed by atoms with van der Waals surface area (Å²) < 4.78 is 52.3. The van der Waals surface area contributed by atoms with Crippen LogP contribution in [0.2, 0.25) is 0 Å². The van der Waals surface area contributed by atoms with Gasteiger partial charge in [0.25, 0.3) is 0 Å². The first kappa shape index (κ1) is 20.9. The van der Waals surface area contributed by atoms with Gasteiger partial charge in [0.05, 0.1) is 13.0 Å². The molecule has 1 aliphatic carbocycles. The lowest BCUT2D eigenvalue weighted by atomic mass is 10.0. The zero-order valence-electron chi connectivity index (χ0n) is 14.8. The van der Waals surface area contributed by atoms with Crippen LogP contribution in [-0.2, 0) is 22.6 Å². The van der Waals surface area contributed by atoms with Crippen LogP contribution >= 0.6 is 23.2 Å². The van der Waals surface area contributed by atoms with Crippen molar-refractivity contribution in [2.45, 2.75) is 33.8 Å². The van der Waals surface area contributed by atoms with Crippen molar-refractivity contribution in [1.29, 1.82) is 0 Å². The molecular weight excluding hydrogens is 392 g/mol. The van der Waals surface area contributed by atoms with E-state index in [2.05, 4.69) is 4.74 Å². The Morgan fingerprint density at radius 2 is 1.77 bits per heavy atom. The van der Waals surface area contributed by atoms with Gasteiger partial charge in [-0.3, -0.25) is 4.79 Å². The Morgan fingerprint density at radius 3 is 2.27 bits per heavy atom. The molecule has 0 radical (unpaired) electrons. The summed E-state index contributed by atoms with van der Waals surface area (Å²) in [4.78, 5) is 12.3. The van der Waals surface area contributed by atoms with E-state index in [0.717, 1.165) is 7.11 Å². The van der Waals surface area contributed by atoms with Crippen molar-refractivity contribution in [3.63, 3.8) is 0 Å². The molecule has 0 spiro atoms. The number of hydrogen-bond acceptors (Lipinski definition) is 3. The molecule has 3 nitrogen and oxygen atoms in total. The number of ether oxygens (including phenoxy) is 2. The number of methoxy groups -OCH3 is 1. The maximum atomic E-state index is 14.3. The molecular formula is C18H19Cl2F3O3. The Morgan fingerprint density at radius 1 is 1.15 bits per heavy atom. The summed E-state index contributed by atoms with van der Waals surface area (Å²) in [5, 5.41) is 0. The molecule has 144 valence electrons. The second-order valence-electron chi connectivity index (χ2n) is 6.67. The third-order valence-electron chi connectivity index (χ3n) is 4.87. The summed E-state index contributed by atoms with van der Waals surface area (Å²) in [6, 6.07) is 0. The lowest BCUT2D eigenvalue weighted by Crippen LogP contribution is -2.14. The summed E-state index contributed by atoms with van der Waals surface area (Å²) in [6.07, 6.45) is 1.62. The van der Waals surface area contributed by atoms with Gasteiger partial charge in [-0.15, -0.1) is 0 Å². The van der Waals surface area contributed by atoms with Gasteiger partial charge < -0.3 is 9.47 Å². The Kier molecular flexibility index (Phi) is 6.18. The van der Waals surface area contributed by atoms with Crippen LogP contribution in [0.4, 0.5) is 13.2 Å². The van der Waals surface area contributed by atoms with Gasteiger partial charge in [-0.25, -0.2) is 8.78 Å². The standard InChI is InChI=1S/C18H19Cl2F3O3/c1-5-8-9(13(21)15(23)16(25-4)14(8)22)7-26-17(24)12-10(6-11(19)20)18(12,2)3/h6,10,12H,5,7H2,1-4H3/t10-,12+/m0/s1. The molecule has 1 aromatic carbocycles. The van der Waals surface area contributed by atoms with Crippen molar-refractivity contribution in [1.82, 2.24) is 0 Å². The third kappa shape index (κ3) is 3.67. The van der Waals surface area contributed by atoms with Crippen LogP contribution < -0.4 is 4.74 Å². The van der Waals surface area contributed by atoms with Gasteiger partial charge in [-0.2, -0.15) is 4.39 Å². The fourth-order valence-electron chi connectivity index (χ4n) is 3.24. The molecule has 8 heteroatoms. The van der Waals surface area contributed by atoms with Crippen molar-refractivity contribution in [3.8, 4) is 5.75 Å². The minimum Gasteiger partial charge on any atom is -0.491 e. The van der Waals surface area contributed by atoms with Crippen LogP contribution in [-0.4, -0.2) is 13.1 Å². The number of hydrogen-bond donors (Lipinski definition) is 0. The molecule has 1 aliphatic rings. The molecule has 2 rings (SSSR count). The summed E-state index contributed by atoms with van der Waals surface area (Å²) in [5.74, 6) is -5.88. The van der Waals surface area contributed by atoms with Gasteiger partial charge in [-0.05, 0) is 23.8 Å². The molecule has 0 aromatic heterocycles. The van der Waals surface area contributed by atoms with E-state index in [4.69, 9.17) is 27.9 Å². The largest absolute Gasteiger partial charge is 0.491 e. The van der Waals surface area contributed by atoms with Crippen molar-refractivity contribution < 1.29 is 27.4 Å². The van der Waals surface area contributed by atoms with Crippen LogP contribution in [0.15, 0.2) is 10.6 Å². The molecule has 0 bridgehead atoms. The molecule has 1 aromatic rings. The fourth-order valence-corrected chi connectivity index (χ4v) is 3.51. The molecule has 1 saturated carbocycles. The normalized spacial score (nSPS) is 20.5. The molecule has 0 heterocycles. The van der Waals surface area contributed by atoms with Crippen LogP contribution in [0.25, 0.3) is 0 Å². The van der Waals surface area contributed by atoms with Crippen molar-refractivity contribution in [2.24, 2.45) is 17.3 Å². The van der Waals surface area contributed by atoms with Gasteiger partial charge in [0.2, 0.25) is 5.82 Å². The topological polar surface area (TPSA) is 35.5 Å². The number of rotatable bonds is 6. The maximum absolute atomic E-state index is 14.3. The summed E-state index contributed by atoms with van der Waals surface area (Å²) in [6.45, 7) is 4.67. The first-order chi connectivity index (χ1) is 12.1. The van der Waals surface area contributed by atoms with Gasteiger partial charge in [0.15, 0.2) is 17.4 Å². The SMILES string of the molecule is CCc1c(F)c(OC)c(F)c(F)c1COC(=O)[C@H]1[C@H](C=C(Cl)Cl)C1(C)C. The Balaban J connectivity index is 2.23. The van der Waals surface area contributed by atoms with Crippen LogP contribution in [0.5, 0.6) is 5.75 Å². The second-order valence-corrected chi connectivity index (χ2v) is 7.68. The third-order valence-corrected chi connectivity index (χ3v) is 5.12. The zero-order chi connectivity index (χ0) is 19.8. The van der Waals surface area contributed by atoms with Crippen LogP contribution in [0, 0.1) is 34.7 Å². The highest BCUT2D eigenvalue weighted by atomic mass is 35.5.